The summed E-state index contributed by atoms with van der Waals surface area (Å²) in [7, 11) is 0. The number of aliphatic carboxylic acids is 2. The maximum absolute atomic E-state index is 11.7. The summed E-state index contributed by atoms with van der Waals surface area (Å²) >= 11 is 0. The van der Waals surface area contributed by atoms with Crippen molar-refractivity contribution in [2.75, 3.05) is 33.0 Å². The van der Waals surface area contributed by atoms with Gasteiger partial charge in [-0.1, -0.05) is 27.7 Å². The van der Waals surface area contributed by atoms with Gasteiger partial charge in [0.2, 0.25) is 5.91 Å². The standard InChI is InChI=1S/C14H25NO5.C13H20O6/c1-6-14(4,5)13(18)15-7-8-19-20-9-10(2)11(3)12(16)17;1-4-13(2,3)12(17)19-6-5-18-11(16)9-7-8(9)10(14)15/h6-9H2,1-5H3,(H,15,18)(H,16,17);8-9H,4-7H2,1-3H3,(H,14,15)/b11-10-;. The lowest BCUT2D eigenvalue weighted by Crippen LogP contribution is -2.38. The molecule has 1 aliphatic rings. The predicted molar refractivity (Wildman–Crippen MR) is 140 cm³/mol. The molecule has 0 aromatic carbocycles. The fourth-order valence-corrected chi connectivity index (χ4v) is 2.54. The normalized spacial score (nSPS) is 17.1. The second-order valence-electron chi connectivity index (χ2n) is 10.6. The number of nitrogens with one attached hydrogen (secondary N) is 1. The SMILES string of the molecule is CCC(C)(C)C(=O)NCCOOC/C(C)=C(/C)C(=O)O.CCC(C)(C)C(=O)OCCOC(=O)C1CC1C(=O)O. The van der Waals surface area contributed by atoms with E-state index in [0.717, 1.165) is 6.42 Å². The van der Waals surface area contributed by atoms with Crippen molar-refractivity contribution in [3.05, 3.63) is 11.1 Å². The van der Waals surface area contributed by atoms with E-state index in [-0.39, 0.29) is 43.9 Å². The average Bonchev–Trinajstić information content (AvgIpc) is 3.69. The van der Waals surface area contributed by atoms with Crippen LogP contribution in [0, 0.1) is 22.7 Å². The van der Waals surface area contributed by atoms with E-state index in [1.54, 1.807) is 20.8 Å². The topological polar surface area (TPSA) is 175 Å². The Kier molecular flexibility index (Phi) is 15.6. The summed E-state index contributed by atoms with van der Waals surface area (Å²) in [5.74, 6) is -3.99. The van der Waals surface area contributed by atoms with Gasteiger partial charge < -0.3 is 25.0 Å². The molecule has 224 valence electrons. The van der Waals surface area contributed by atoms with Crippen LogP contribution in [0.15, 0.2) is 11.1 Å². The van der Waals surface area contributed by atoms with Gasteiger partial charge in [0.15, 0.2) is 0 Å². The zero-order valence-corrected chi connectivity index (χ0v) is 24.4. The number of ether oxygens (including phenoxy) is 2. The minimum atomic E-state index is -0.974. The van der Waals surface area contributed by atoms with Gasteiger partial charge in [0.25, 0.3) is 0 Å². The van der Waals surface area contributed by atoms with Crippen molar-refractivity contribution in [1.82, 2.24) is 5.32 Å². The first-order chi connectivity index (χ1) is 18.0. The lowest BCUT2D eigenvalue weighted by molar-refractivity contribution is -0.286. The molecule has 1 saturated carbocycles. The van der Waals surface area contributed by atoms with E-state index >= 15 is 0 Å². The van der Waals surface area contributed by atoms with Gasteiger partial charge in [-0.3, -0.25) is 19.2 Å². The second kappa shape index (κ2) is 16.9. The Morgan fingerprint density at radius 3 is 1.87 bits per heavy atom. The molecule has 2 unspecified atom stereocenters. The Bertz CT molecular complexity index is 892. The Morgan fingerprint density at radius 1 is 0.821 bits per heavy atom. The third-order valence-corrected chi connectivity index (χ3v) is 6.70. The number of carboxylic acid groups (broad SMARTS) is 2. The molecule has 2 atom stereocenters. The molecule has 0 bridgehead atoms. The van der Waals surface area contributed by atoms with Crippen LogP contribution in [-0.4, -0.2) is 73.0 Å². The highest BCUT2D eigenvalue weighted by atomic mass is 17.2. The number of rotatable bonds is 16. The number of hydrogen-bond donors (Lipinski definition) is 3. The number of carbonyl (C=O) groups excluding carboxylic acids is 3. The first-order valence-electron chi connectivity index (χ1n) is 13.0. The Labute approximate surface area is 230 Å². The van der Waals surface area contributed by atoms with E-state index in [2.05, 4.69) is 5.32 Å². The maximum atomic E-state index is 11.7. The van der Waals surface area contributed by atoms with Crippen LogP contribution in [0.3, 0.4) is 0 Å². The van der Waals surface area contributed by atoms with Crippen LogP contribution in [0.25, 0.3) is 0 Å². The van der Waals surface area contributed by atoms with Crippen LogP contribution in [0.5, 0.6) is 0 Å². The first kappa shape index (κ1) is 36.0. The first-order valence-corrected chi connectivity index (χ1v) is 13.0. The Hall–Kier alpha value is -2.99. The van der Waals surface area contributed by atoms with Gasteiger partial charge in [0, 0.05) is 17.5 Å². The molecule has 12 heteroatoms. The van der Waals surface area contributed by atoms with Crippen LogP contribution >= 0.6 is 0 Å². The summed E-state index contributed by atoms with van der Waals surface area (Å²) in [6.07, 6.45) is 1.75. The summed E-state index contributed by atoms with van der Waals surface area (Å²) in [6, 6.07) is 0. The monoisotopic (exact) mass is 559 g/mol. The fourth-order valence-electron chi connectivity index (χ4n) is 2.54. The Balaban J connectivity index is 0.000000741. The molecule has 1 aliphatic carbocycles. The fraction of sp³-hybridized carbons (Fsp3) is 0.741. The lowest BCUT2D eigenvalue weighted by Gasteiger charge is -2.21. The second-order valence-corrected chi connectivity index (χ2v) is 10.6. The van der Waals surface area contributed by atoms with E-state index in [1.165, 1.54) is 6.92 Å². The van der Waals surface area contributed by atoms with Crippen molar-refractivity contribution in [2.45, 2.75) is 74.7 Å². The third kappa shape index (κ3) is 13.6. The van der Waals surface area contributed by atoms with Gasteiger partial charge in [-0.2, -0.15) is 0 Å². The maximum Gasteiger partial charge on any atom is 0.331 e. The van der Waals surface area contributed by atoms with Gasteiger partial charge >= 0.3 is 23.9 Å². The highest BCUT2D eigenvalue weighted by Crippen LogP contribution is 2.39. The van der Waals surface area contributed by atoms with Crippen molar-refractivity contribution in [3.63, 3.8) is 0 Å². The van der Waals surface area contributed by atoms with Crippen molar-refractivity contribution in [3.8, 4) is 0 Å². The summed E-state index contributed by atoms with van der Waals surface area (Å²) < 4.78 is 9.85. The van der Waals surface area contributed by atoms with Crippen LogP contribution in [0.2, 0.25) is 0 Å². The number of hydrogen-bond acceptors (Lipinski definition) is 9. The zero-order chi connectivity index (χ0) is 30.4. The summed E-state index contributed by atoms with van der Waals surface area (Å²) in [5.41, 5.74) is -0.103. The number of esters is 2. The molecule has 0 radical (unpaired) electrons. The van der Waals surface area contributed by atoms with Crippen LogP contribution in [0.4, 0.5) is 0 Å². The van der Waals surface area contributed by atoms with Gasteiger partial charge in [-0.25, -0.2) is 14.6 Å². The number of carboxylic acids is 2. The van der Waals surface area contributed by atoms with Crippen molar-refractivity contribution in [1.29, 1.82) is 0 Å². The zero-order valence-electron chi connectivity index (χ0n) is 24.4. The molecule has 0 aliphatic heterocycles. The van der Waals surface area contributed by atoms with Gasteiger partial charge in [-0.15, -0.1) is 0 Å². The highest BCUT2D eigenvalue weighted by molar-refractivity contribution is 5.87. The molecule has 0 aromatic heterocycles. The largest absolute Gasteiger partial charge is 0.481 e. The van der Waals surface area contributed by atoms with E-state index in [4.69, 9.17) is 29.5 Å². The highest BCUT2D eigenvalue weighted by Gasteiger charge is 2.49. The molecular weight excluding hydrogens is 514 g/mol. The van der Waals surface area contributed by atoms with Gasteiger partial charge in [0.1, 0.15) is 19.8 Å². The van der Waals surface area contributed by atoms with E-state index < -0.39 is 40.6 Å². The molecule has 0 saturated heterocycles. The van der Waals surface area contributed by atoms with Crippen molar-refractivity contribution >= 4 is 29.8 Å². The summed E-state index contributed by atoms with van der Waals surface area (Å²) in [5, 5.41) is 20.2. The average molecular weight is 560 g/mol. The molecule has 1 amide bonds. The molecule has 1 fully saturated rings. The minimum absolute atomic E-state index is 0.00153. The molecule has 39 heavy (non-hydrogen) atoms. The molecule has 0 spiro atoms. The molecule has 12 nitrogen and oxygen atoms in total. The van der Waals surface area contributed by atoms with Crippen LogP contribution in [0.1, 0.15) is 74.7 Å². The molecule has 1 rings (SSSR count). The van der Waals surface area contributed by atoms with E-state index in [0.29, 0.717) is 25.0 Å². The van der Waals surface area contributed by atoms with Crippen LogP contribution in [-0.2, 0) is 43.2 Å². The summed E-state index contributed by atoms with van der Waals surface area (Å²) in [4.78, 5) is 65.7. The van der Waals surface area contributed by atoms with E-state index in [1.807, 2.05) is 27.7 Å². The number of carbonyl (C=O) groups is 5. The molecular formula is C27H45NO11. The van der Waals surface area contributed by atoms with Crippen molar-refractivity contribution in [2.24, 2.45) is 22.7 Å². The molecule has 0 heterocycles. The molecule has 3 N–H and O–H groups in total. The Morgan fingerprint density at radius 2 is 1.38 bits per heavy atom. The number of amides is 1. The van der Waals surface area contributed by atoms with Gasteiger partial charge in [-0.05, 0) is 52.5 Å². The van der Waals surface area contributed by atoms with Crippen molar-refractivity contribution < 1.29 is 53.4 Å². The predicted octanol–water partition coefficient (Wildman–Crippen LogP) is 3.14. The molecule has 0 aromatic rings. The lowest BCUT2D eigenvalue weighted by atomic mass is 9.89. The van der Waals surface area contributed by atoms with Gasteiger partial charge in [0.05, 0.1) is 23.9 Å². The van der Waals surface area contributed by atoms with E-state index in [9.17, 15) is 24.0 Å². The minimum Gasteiger partial charge on any atom is -0.481 e. The smallest absolute Gasteiger partial charge is 0.331 e. The third-order valence-electron chi connectivity index (χ3n) is 6.70. The summed E-state index contributed by atoms with van der Waals surface area (Å²) in [6.45, 7) is 15.0. The van der Waals surface area contributed by atoms with Crippen LogP contribution < -0.4 is 5.32 Å². The quantitative estimate of drug-likeness (QED) is 0.0833.